The molecule has 9 nitrogen and oxygen atoms in total. The van der Waals surface area contributed by atoms with E-state index in [1.807, 2.05) is 0 Å². The van der Waals surface area contributed by atoms with Gasteiger partial charge in [0.2, 0.25) is 5.95 Å². The van der Waals surface area contributed by atoms with Gasteiger partial charge >= 0.3 is 6.18 Å². The third-order valence-corrected chi connectivity index (χ3v) is 4.46. The van der Waals surface area contributed by atoms with Crippen molar-refractivity contribution in [3.05, 3.63) is 30.1 Å². The van der Waals surface area contributed by atoms with Gasteiger partial charge in [-0.3, -0.25) is 10.1 Å². The zero-order valence-corrected chi connectivity index (χ0v) is 18.1. The Morgan fingerprint density at radius 3 is 2.66 bits per heavy atom. The van der Waals surface area contributed by atoms with Gasteiger partial charge in [0.1, 0.15) is 17.8 Å². The molecule has 3 heterocycles. The summed E-state index contributed by atoms with van der Waals surface area (Å²) in [6, 6.07) is 0.841. The summed E-state index contributed by atoms with van der Waals surface area (Å²) in [6.45, 7) is 2.48. The van der Waals surface area contributed by atoms with Crippen molar-refractivity contribution in [3.8, 4) is 0 Å². The highest BCUT2D eigenvalue weighted by atomic mass is 127. The summed E-state index contributed by atoms with van der Waals surface area (Å²) in [6.07, 6.45) is -0.0115. The number of hydrogen-bond acceptors (Lipinski definition) is 6. The number of piperidine rings is 1. The van der Waals surface area contributed by atoms with E-state index in [1.165, 1.54) is 6.33 Å². The van der Waals surface area contributed by atoms with E-state index in [2.05, 4.69) is 45.7 Å². The lowest BCUT2D eigenvalue weighted by Gasteiger charge is -2.33. The van der Waals surface area contributed by atoms with Crippen LogP contribution in [-0.4, -0.2) is 69.2 Å². The second-order valence-electron chi connectivity index (χ2n) is 6.30. The molecule has 0 aromatic carbocycles. The molecule has 1 aliphatic rings. The number of likely N-dealkylation sites (tertiary alicyclic amines) is 1. The van der Waals surface area contributed by atoms with Gasteiger partial charge in [-0.1, -0.05) is 0 Å². The Balaban J connectivity index is 0.00000300. The van der Waals surface area contributed by atoms with Crippen LogP contribution in [0.4, 0.5) is 19.1 Å². The predicted molar refractivity (Wildman–Crippen MR) is 112 cm³/mol. The molecule has 0 bridgehead atoms. The van der Waals surface area contributed by atoms with Crippen LogP contribution in [0.5, 0.6) is 0 Å². The molecule has 0 amide bonds. The maximum atomic E-state index is 12.7. The fraction of sp³-hybridized carbons (Fsp3) is 0.562. The molecule has 3 N–H and O–H groups in total. The molecule has 1 aliphatic heterocycles. The Labute approximate surface area is 183 Å². The number of nitrogens with zero attached hydrogens (tertiary/aromatic N) is 6. The SMILES string of the molecule is CN=C(NCCNc1nccc(C(F)(F)F)n1)N1CCC(c2ncn[nH]2)CC1.I. The quantitative estimate of drug-likeness (QED) is 0.238. The van der Waals surface area contributed by atoms with Crippen LogP contribution in [0.25, 0.3) is 0 Å². The summed E-state index contributed by atoms with van der Waals surface area (Å²) in [5.41, 5.74) is -0.969. The van der Waals surface area contributed by atoms with Crippen LogP contribution in [-0.2, 0) is 6.18 Å². The number of halogens is 4. The maximum Gasteiger partial charge on any atom is 0.433 e. The van der Waals surface area contributed by atoms with Gasteiger partial charge in [-0.25, -0.2) is 15.0 Å². The standard InChI is InChI=1S/C16H22F3N9.HI/c1-20-15(28-8-3-11(4-9-28)13-24-10-25-27-13)23-7-6-22-14-21-5-2-12(26-14)16(17,18)19;/h2,5,10-11H,3-4,6-9H2,1H3,(H,20,23)(H,21,22,26)(H,24,25,27);1H. The first-order chi connectivity index (χ1) is 13.5. The first kappa shape index (κ1) is 23.1. The molecule has 3 rings (SSSR count). The Bertz CT molecular complexity index is 774. The van der Waals surface area contributed by atoms with Gasteiger partial charge in [-0.2, -0.15) is 18.3 Å². The van der Waals surface area contributed by atoms with E-state index in [1.54, 1.807) is 7.05 Å². The van der Waals surface area contributed by atoms with Crippen molar-refractivity contribution in [1.82, 2.24) is 35.4 Å². The molecule has 13 heteroatoms. The van der Waals surface area contributed by atoms with Gasteiger partial charge in [0.15, 0.2) is 5.96 Å². The summed E-state index contributed by atoms with van der Waals surface area (Å²) in [5.74, 6) is 1.96. The number of alkyl halides is 3. The Morgan fingerprint density at radius 1 is 1.28 bits per heavy atom. The number of rotatable bonds is 5. The number of hydrogen-bond donors (Lipinski definition) is 3. The van der Waals surface area contributed by atoms with Gasteiger partial charge in [-0.15, -0.1) is 24.0 Å². The second-order valence-corrected chi connectivity index (χ2v) is 6.30. The predicted octanol–water partition coefficient (Wildman–Crippen LogP) is 2.10. The smallest absolute Gasteiger partial charge is 0.354 e. The molecule has 1 saturated heterocycles. The topological polar surface area (TPSA) is 107 Å². The number of aromatic nitrogens is 5. The fourth-order valence-electron chi connectivity index (χ4n) is 3.06. The minimum atomic E-state index is -4.49. The minimum absolute atomic E-state index is 0. The van der Waals surface area contributed by atoms with E-state index >= 15 is 0 Å². The van der Waals surface area contributed by atoms with Crippen LogP contribution in [0.15, 0.2) is 23.6 Å². The Hall–Kier alpha value is -2.19. The third kappa shape index (κ3) is 6.40. The molecule has 0 saturated carbocycles. The van der Waals surface area contributed by atoms with Crippen LogP contribution in [0.1, 0.15) is 30.3 Å². The van der Waals surface area contributed by atoms with E-state index in [0.717, 1.165) is 50.0 Å². The fourth-order valence-corrected chi connectivity index (χ4v) is 3.06. The summed E-state index contributed by atoms with van der Waals surface area (Å²) < 4.78 is 38.0. The molecule has 0 radical (unpaired) electrons. The Morgan fingerprint density at radius 2 is 2.03 bits per heavy atom. The molecular formula is C16H23F3IN9. The van der Waals surface area contributed by atoms with E-state index in [9.17, 15) is 13.2 Å². The van der Waals surface area contributed by atoms with Crippen LogP contribution >= 0.6 is 24.0 Å². The van der Waals surface area contributed by atoms with Gasteiger partial charge in [0.05, 0.1) is 0 Å². The van der Waals surface area contributed by atoms with Crippen LogP contribution in [0, 0.1) is 0 Å². The number of aliphatic imine (C=N–C) groups is 1. The molecule has 1 fully saturated rings. The Kier molecular flexibility index (Phi) is 8.40. The van der Waals surface area contributed by atoms with Crippen molar-refractivity contribution in [2.45, 2.75) is 24.9 Å². The highest BCUT2D eigenvalue weighted by Crippen LogP contribution is 2.27. The van der Waals surface area contributed by atoms with Crippen LogP contribution < -0.4 is 10.6 Å². The molecular weight excluding hydrogens is 502 g/mol. The van der Waals surface area contributed by atoms with Crippen molar-refractivity contribution >= 4 is 35.9 Å². The first-order valence-corrected chi connectivity index (χ1v) is 8.92. The second kappa shape index (κ2) is 10.5. The normalized spacial score (nSPS) is 15.7. The molecule has 160 valence electrons. The van der Waals surface area contributed by atoms with Gasteiger partial charge in [0.25, 0.3) is 0 Å². The summed E-state index contributed by atoms with van der Waals surface area (Å²) >= 11 is 0. The van der Waals surface area contributed by atoms with Crippen molar-refractivity contribution in [2.24, 2.45) is 4.99 Å². The molecule has 29 heavy (non-hydrogen) atoms. The molecule has 0 unspecified atom stereocenters. The number of nitrogens with one attached hydrogen (secondary N) is 3. The first-order valence-electron chi connectivity index (χ1n) is 8.92. The lowest BCUT2D eigenvalue weighted by Crippen LogP contribution is -2.46. The maximum absolute atomic E-state index is 12.7. The van der Waals surface area contributed by atoms with Crippen molar-refractivity contribution in [3.63, 3.8) is 0 Å². The number of guanidine groups is 1. The average Bonchev–Trinajstić information content (AvgIpc) is 3.23. The van der Waals surface area contributed by atoms with Crippen molar-refractivity contribution in [1.29, 1.82) is 0 Å². The number of H-pyrrole nitrogens is 1. The molecule has 2 aromatic rings. The molecule has 0 atom stereocenters. The van der Waals surface area contributed by atoms with Gasteiger partial charge in [-0.05, 0) is 18.9 Å². The summed E-state index contributed by atoms with van der Waals surface area (Å²) in [7, 11) is 1.70. The van der Waals surface area contributed by atoms with E-state index in [0.29, 0.717) is 19.0 Å². The molecule has 2 aromatic heterocycles. The van der Waals surface area contributed by atoms with E-state index < -0.39 is 11.9 Å². The zero-order chi connectivity index (χ0) is 20.0. The monoisotopic (exact) mass is 525 g/mol. The van der Waals surface area contributed by atoms with E-state index in [-0.39, 0.29) is 29.9 Å². The summed E-state index contributed by atoms with van der Waals surface area (Å²) in [4.78, 5) is 17.9. The van der Waals surface area contributed by atoms with Crippen molar-refractivity contribution in [2.75, 3.05) is 38.5 Å². The minimum Gasteiger partial charge on any atom is -0.354 e. The van der Waals surface area contributed by atoms with E-state index in [4.69, 9.17) is 0 Å². The van der Waals surface area contributed by atoms with Crippen molar-refractivity contribution < 1.29 is 13.2 Å². The lowest BCUT2D eigenvalue weighted by molar-refractivity contribution is -0.141. The number of anilines is 1. The van der Waals surface area contributed by atoms with Gasteiger partial charge in [0, 0.05) is 45.3 Å². The molecule has 0 aliphatic carbocycles. The largest absolute Gasteiger partial charge is 0.433 e. The highest BCUT2D eigenvalue weighted by molar-refractivity contribution is 14.0. The number of aromatic amines is 1. The third-order valence-electron chi connectivity index (χ3n) is 4.46. The zero-order valence-electron chi connectivity index (χ0n) is 15.8. The lowest BCUT2D eigenvalue weighted by atomic mass is 9.96. The van der Waals surface area contributed by atoms with Crippen LogP contribution in [0.2, 0.25) is 0 Å². The van der Waals surface area contributed by atoms with Crippen LogP contribution in [0.3, 0.4) is 0 Å². The van der Waals surface area contributed by atoms with Gasteiger partial charge < -0.3 is 15.5 Å². The average molecular weight is 525 g/mol. The highest BCUT2D eigenvalue weighted by Gasteiger charge is 2.32. The summed E-state index contributed by atoms with van der Waals surface area (Å²) in [5, 5.41) is 12.8. The molecule has 0 spiro atoms.